The zero-order valence-corrected chi connectivity index (χ0v) is 9.93. The molecule has 1 heterocycles. The molecule has 1 fully saturated rings. The molecule has 1 nitrogen and oxygen atoms in total. The second-order valence-electron chi connectivity index (χ2n) is 5.62. The van der Waals surface area contributed by atoms with Crippen LogP contribution in [-0.4, -0.2) is 24.5 Å². The molecule has 0 amide bonds. The standard InChI is InChI=1S/C12H25N/c1-6-7-8-11-10(9-13(11)5)12(2,3)4/h10-11H,6-9H2,1-5H3. The van der Waals surface area contributed by atoms with Crippen LogP contribution in [0.15, 0.2) is 0 Å². The quantitative estimate of drug-likeness (QED) is 0.649. The molecule has 13 heavy (non-hydrogen) atoms. The van der Waals surface area contributed by atoms with Gasteiger partial charge in [-0.1, -0.05) is 40.5 Å². The van der Waals surface area contributed by atoms with E-state index in [1.165, 1.54) is 25.8 Å². The Kier molecular flexibility index (Phi) is 3.39. The summed E-state index contributed by atoms with van der Waals surface area (Å²) in [6.45, 7) is 10.7. The lowest BCUT2D eigenvalue weighted by Gasteiger charge is -2.52. The van der Waals surface area contributed by atoms with Crippen molar-refractivity contribution in [1.29, 1.82) is 0 Å². The van der Waals surface area contributed by atoms with Crippen molar-refractivity contribution in [2.45, 2.75) is 53.0 Å². The molecule has 0 radical (unpaired) electrons. The maximum absolute atomic E-state index is 2.52. The predicted octanol–water partition coefficient (Wildman–Crippen LogP) is 3.15. The Bertz CT molecular complexity index is 157. The molecule has 0 aromatic carbocycles. The van der Waals surface area contributed by atoms with Gasteiger partial charge in [0.05, 0.1) is 0 Å². The summed E-state index contributed by atoms with van der Waals surface area (Å²) >= 11 is 0. The van der Waals surface area contributed by atoms with Crippen LogP contribution in [0.25, 0.3) is 0 Å². The monoisotopic (exact) mass is 183 g/mol. The third kappa shape index (κ3) is 2.46. The van der Waals surface area contributed by atoms with Gasteiger partial charge in [-0.05, 0) is 24.8 Å². The minimum atomic E-state index is 0.505. The van der Waals surface area contributed by atoms with Crippen LogP contribution >= 0.6 is 0 Å². The molecule has 0 saturated carbocycles. The molecule has 1 aliphatic rings. The second-order valence-corrected chi connectivity index (χ2v) is 5.62. The van der Waals surface area contributed by atoms with Crippen LogP contribution in [0, 0.1) is 11.3 Å². The molecule has 0 N–H and O–H groups in total. The molecule has 0 bridgehead atoms. The highest BCUT2D eigenvalue weighted by atomic mass is 15.2. The van der Waals surface area contributed by atoms with E-state index in [2.05, 4.69) is 39.6 Å². The van der Waals surface area contributed by atoms with Crippen molar-refractivity contribution in [3.05, 3.63) is 0 Å². The molecule has 1 saturated heterocycles. The van der Waals surface area contributed by atoms with Crippen LogP contribution in [-0.2, 0) is 0 Å². The molecule has 2 atom stereocenters. The maximum atomic E-state index is 2.52. The van der Waals surface area contributed by atoms with Crippen molar-refractivity contribution < 1.29 is 0 Å². The Morgan fingerprint density at radius 3 is 2.31 bits per heavy atom. The van der Waals surface area contributed by atoms with Crippen molar-refractivity contribution in [2.75, 3.05) is 13.6 Å². The van der Waals surface area contributed by atoms with Crippen LogP contribution in [0.5, 0.6) is 0 Å². The smallest absolute Gasteiger partial charge is 0.0138 e. The maximum Gasteiger partial charge on any atom is 0.0138 e. The first-order chi connectivity index (χ1) is 5.96. The van der Waals surface area contributed by atoms with E-state index in [0.717, 1.165) is 12.0 Å². The van der Waals surface area contributed by atoms with E-state index in [9.17, 15) is 0 Å². The fraction of sp³-hybridized carbons (Fsp3) is 1.00. The zero-order valence-electron chi connectivity index (χ0n) is 9.93. The van der Waals surface area contributed by atoms with Gasteiger partial charge in [-0.2, -0.15) is 0 Å². The van der Waals surface area contributed by atoms with E-state index in [1.54, 1.807) is 0 Å². The normalized spacial score (nSPS) is 30.2. The van der Waals surface area contributed by atoms with Gasteiger partial charge in [-0.15, -0.1) is 0 Å². The average molecular weight is 183 g/mol. The molecule has 0 spiro atoms. The topological polar surface area (TPSA) is 3.24 Å². The van der Waals surface area contributed by atoms with Crippen molar-refractivity contribution in [1.82, 2.24) is 4.90 Å². The van der Waals surface area contributed by atoms with Gasteiger partial charge in [0.25, 0.3) is 0 Å². The van der Waals surface area contributed by atoms with E-state index in [4.69, 9.17) is 0 Å². The van der Waals surface area contributed by atoms with E-state index in [1.807, 2.05) is 0 Å². The highest BCUT2D eigenvalue weighted by Gasteiger charge is 2.42. The summed E-state index contributed by atoms with van der Waals surface area (Å²) in [6.07, 6.45) is 4.12. The first kappa shape index (κ1) is 11.0. The van der Waals surface area contributed by atoms with E-state index in [0.29, 0.717) is 5.41 Å². The average Bonchev–Trinajstić information content (AvgIpc) is 1.99. The van der Waals surface area contributed by atoms with Crippen LogP contribution in [0.4, 0.5) is 0 Å². The molecule has 1 rings (SSSR count). The molecule has 0 aromatic rings. The Hall–Kier alpha value is -0.0400. The Morgan fingerprint density at radius 2 is 1.92 bits per heavy atom. The van der Waals surface area contributed by atoms with Gasteiger partial charge in [0, 0.05) is 12.6 Å². The van der Waals surface area contributed by atoms with Gasteiger partial charge >= 0.3 is 0 Å². The zero-order chi connectivity index (χ0) is 10.1. The van der Waals surface area contributed by atoms with E-state index < -0.39 is 0 Å². The number of nitrogens with zero attached hydrogens (tertiary/aromatic N) is 1. The summed E-state index contributed by atoms with van der Waals surface area (Å²) in [6, 6.07) is 0.861. The molecule has 0 aliphatic carbocycles. The summed E-state index contributed by atoms with van der Waals surface area (Å²) in [5, 5.41) is 0. The second kappa shape index (κ2) is 4.00. The first-order valence-corrected chi connectivity index (χ1v) is 5.67. The van der Waals surface area contributed by atoms with Crippen LogP contribution in [0.1, 0.15) is 47.0 Å². The predicted molar refractivity (Wildman–Crippen MR) is 58.9 cm³/mol. The number of unbranched alkanes of at least 4 members (excludes halogenated alkanes) is 1. The van der Waals surface area contributed by atoms with Gasteiger partial charge in [0.2, 0.25) is 0 Å². The highest BCUT2D eigenvalue weighted by Crippen LogP contribution is 2.40. The number of hydrogen-bond donors (Lipinski definition) is 0. The summed E-state index contributed by atoms with van der Waals surface area (Å²) in [4.78, 5) is 2.52. The Balaban J connectivity index is 2.42. The largest absolute Gasteiger partial charge is 0.303 e. The van der Waals surface area contributed by atoms with Crippen molar-refractivity contribution in [3.8, 4) is 0 Å². The van der Waals surface area contributed by atoms with E-state index in [-0.39, 0.29) is 0 Å². The third-order valence-electron chi connectivity index (χ3n) is 3.48. The van der Waals surface area contributed by atoms with Crippen molar-refractivity contribution >= 4 is 0 Å². The fourth-order valence-corrected chi connectivity index (χ4v) is 2.42. The number of hydrogen-bond acceptors (Lipinski definition) is 1. The lowest BCUT2D eigenvalue weighted by atomic mass is 9.69. The van der Waals surface area contributed by atoms with Gasteiger partial charge in [-0.3, -0.25) is 0 Å². The minimum Gasteiger partial charge on any atom is -0.303 e. The van der Waals surface area contributed by atoms with Gasteiger partial charge in [0.1, 0.15) is 0 Å². The molecule has 78 valence electrons. The van der Waals surface area contributed by atoms with Gasteiger partial charge in [-0.25, -0.2) is 0 Å². The lowest BCUT2D eigenvalue weighted by molar-refractivity contribution is -0.0321. The summed E-state index contributed by atoms with van der Waals surface area (Å²) in [5.41, 5.74) is 0.505. The van der Waals surface area contributed by atoms with Crippen molar-refractivity contribution in [2.24, 2.45) is 11.3 Å². The molecule has 1 heteroatoms. The van der Waals surface area contributed by atoms with Crippen LogP contribution in [0.3, 0.4) is 0 Å². The fourth-order valence-electron chi connectivity index (χ4n) is 2.42. The highest BCUT2D eigenvalue weighted by molar-refractivity contribution is 4.95. The number of rotatable bonds is 3. The molecule has 1 aliphatic heterocycles. The summed E-state index contributed by atoms with van der Waals surface area (Å²) in [5.74, 6) is 0.920. The molecular formula is C12H25N. The van der Waals surface area contributed by atoms with Gasteiger partial charge in [0.15, 0.2) is 0 Å². The molecular weight excluding hydrogens is 158 g/mol. The lowest BCUT2D eigenvalue weighted by Crippen LogP contribution is -2.58. The van der Waals surface area contributed by atoms with E-state index >= 15 is 0 Å². The Morgan fingerprint density at radius 1 is 1.31 bits per heavy atom. The number of likely N-dealkylation sites (tertiary alicyclic amines) is 1. The SMILES string of the molecule is CCCCC1C(C(C)(C)C)CN1C. The first-order valence-electron chi connectivity index (χ1n) is 5.67. The summed E-state index contributed by atoms with van der Waals surface area (Å²) < 4.78 is 0. The molecule has 2 unspecified atom stereocenters. The van der Waals surface area contributed by atoms with Crippen molar-refractivity contribution in [3.63, 3.8) is 0 Å². The minimum absolute atomic E-state index is 0.505. The Labute approximate surface area is 83.5 Å². The van der Waals surface area contributed by atoms with Gasteiger partial charge < -0.3 is 4.90 Å². The molecule has 0 aromatic heterocycles. The summed E-state index contributed by atoms with van der Waals surface area (Å²) in [7, 11) is 2.27. The van der Waals surface area contributed by atoms with Crippen LogP contribution < -0.4 is 0 Å². The van der Waals surface area contributed by atoms with Crippen LogP contribution in [0.2, 0.25) is 0 Å². The third-order valence-corrected chi connectivity index (χ3v) is 3.48.